The summed E-state index contributed by atoms with van der Waals surface area (Å²) < 4.78 is 5.07. The third kappa shape index (κ3) is 2.42. The summed E-state index contributed by atoms with van der Waals surface area (Å²) in [5.74, 6) is 1.02. The molecule has 0 radical (unpaired) electrons. The molecule has 16 heavy (non-hydrogen) atoms. The lowest BCUT2D eigenvalue weighted by Gasteiger charge is -2.21. The standard InChI is InChI=1S/C13H16N2O/c1-3-15(9-12-7-8-16-10-12)13-6-4-5-11(2)14-13/h4-8,10H,3,9H2,1-2H3. The molecule has 3 heteroatoms. The number of rotatable bonds is 4. The molecule has 0 atom stereocenters. The Morgan fingerprint density at radius 1 is 1.31 bits per heavy atom. The Morgan fingerprint density at radius 2 is 2.19 bits per heavy atom. The normalized spacial score (nSPS) is 10.4. The molecule has 2 rings (SSSR count). The molecule has 0 aromatic carbocycles. The SMILES string of the molecule is CCN(Cc1ccoc1)c1cccc(C)n1. The Balaban J connectivity index is 2.16. The third-order valence-corrected chi connectivity index (χ3v) is 2.53. The molecule has 2 aromatic rings. The van der Waals surface area contributed by atoms with Crippen LogP contribution < -0.4 is 4.90 Å². The number of pyridine rings is 1. The molecule has 2 heterocycles. The van der Waals surface area contributed by atoms with Crippen LogP contribution in [0.15, 0.2) is 41.2 Å². The summed E-state index contributed by atoms with van der Waals surface area (Å²) in [6.07, 6.45) is 3.48. The largest absolute Gasteiger partial charge is 0.472 e. The Hall–Kier alpha value is -1.77. The van der Waals surface area contributed by atoms with Crippen LogP contribution in [0, 0.1) is 6.92 Å². The molecule has 0 saturated carbocycles. The minimum atomic E-state index is 0.837. The number of anilines is 1. The summed E-state index contributed by atoms with van der Waals surface area (Å²) in [7, 11) is 0. The first-order valence-corrected chi connectivity index (χ1v) is 5.49. The maximum Gasteiger partial charge on any atom is 0.129 e. The van der Waals surface area contributed by atoms with Crippen molar-refractivity contribution in [3.8, 4) is 0 Å². The van der Waals surface area contributed by atoms with Crippen LogP contribution >= 0.6 is 0 Å². The predicted molar refractivity (Wildman–Crippen MR) is 64.4 cm³/mol. The van der Waals surface area contributed by atoms with E-state index in [2.05, 4.69) is 16.8 Å². The number of nitrogens with zero attached hydrogens (tertiary/aromatic N) is 2. The van der Waals surface area contributed by atoms with Crippen molar-refractivity contribution < 1.29 is 4.42 Å². The Kier molecular flexibility index (Phi) is 3.25. The number of aromatic nitrogens is 1. The minimum absolute atomic E-state index is 0.837. The van der Waals surface area contributed by atoms with E-state index in [1.54, 1.807) is 12.5 Å². The smallest absolute Gasteiger partial charge is 0.129 e. The Bertz CT molecular complexity index is 437. The van der Waals surface area contributed by atoms with E-state index >= 15 is 0 Å². The van der Waals surface area contributed by atoms with Gasteiger partial charge in [-0.3, -0.25) is 0 Å². The van der Waals surface area contributed by atoms with E-state index in [-0.39, 0.29) is 0 Å². The van der Waals surface area contributed by atoms with E-state index in [1.165, 1.54) is 5.56 Å². The summed E-state index contributed by atoms with van der Waals surface area (Å²) in [6, 6.07) is 8.07. The van der Waals surface area contributed by atoms with Gasteiger partial charge in [-0.25, -0.2) is 4.98 Å². The van der Waals surface area contributed by atoms with Gasteiger partial charge in [-0.1, -0.05) is 6.07 Å². The second-order valence-corrected chi connectivity index (χ2v) is 3.78. The predicted octanol–water partition coefficient (Wildman–Crippen LogP) is 3.01. The molecular weight excluding hydrogens is 200 g/mol. The second kappa shape index (κ2) is 4.84. The van der Waals surface area contributed by atoms with E-state index in [0.717, 1.165) is 24.6 Å². The van der Waals surface area contributed by atoms with Crippen molar-refractivity contribution in [2.45, 2.75) is 20.4 Å². The van der Waals surface area contributed by atoms with Crippen molar-refractivity contribution in [3.05, 3.63) is 48.0 Å². The molecule has 0 aliphatic rings. The first kappa shape index (κ1) is 10.7. The lowest BCUT2D eigenvalue weighted by Crippen LogP contribution is -2.22. The molecule has 0 amide bonds. The molecule has 2 aromatic heterocycles. The first-order valence-electron chi connectivity index (χ1n) is 5.49. The molecule has 0 N–H and O–H groups in total. The van der Waals surface area contributed by atoms with E-state index in [4.69, 9.17) is 4.42 Å². The molecule has 0 unspecified atom stereocenters. The zero-order valence-electron chi connectivity index (χ0n) is 9.68. The average Bonchev–Trinajstić information content (AvgIpc) is 2.78. The zero-order valence-corrected chi connectivity index (χ0v) is 9.68. The van der Waals surface area contributed by atoms with Crippen molar-refractivity contribution in [2.75, 3.05) is 11.4 Å². The summed E-state index contributed by atoms with van der Waals surface area (Å²) in [5.41, 5.74) is 2.22. The first-order chi connectivity index (χ1) is 7.79. The highest BCUT2D eigenvalue weighted by atomic mass is 16.3. The maximum atomic E-state index is 5.07. The summed E-state index contributed by atoms with van der Waals surface area (Å²) in [5, 5.41) is 0. The van der Waals surface area contributed by atoms with Gasteiger partial charge in [0.05, 0.1) is 12.5 Å². The van der Waals surface area contributed by atoms with Crippen LogP contribution in [0.1, 0.15) is 18.2 Å². The fourth-order valence-electron chi connectivity index (χ4n) is 1.66. The minimum Gasteiger partial charge on any atom is -0.472 e. The molecule has 0 spiro atoms. The molecule has 0 saturated heterocycles. The second-order valence-electron chi connectivity index (χ2n) is 3.78. The van der Waals surface area contributed by atoms with E-state index < -0.39 is 0 Å². The summed E-state index contributed by atoms with van der Waals surface area (Å²) >= 11 is 0. The molecule has 0 aliphatic carbocycles. The summed E-state index contributed by atoms with van der Waals surface area (Å²) in [4.78, 5) is 6.74. The van der Waals surface area contributed by atoms with Crippen molar-refractivity contribution in [1.29, 1.82) is 0 Å². The van der Waals surface area contributed by atoms with Gasteiger partial charge in [0, 0.05) is 24.3 Å². The number of aryl methyl sites for hydroxylation is 1. The lowest BCUT2D eigenvalue weighted by molar-refractivity contribution is 0.563. The maximum absolute atomic E-state index is 5.07. The van der Waals surface area contributed by atoms with Gasteiger partial charge in [0.2, 0.25) is 0 Å². The van der Waals surface area contributed by atoms with Crippen molar-refractivity contribution >= 4 is 5.82 Å². The van der Waals surface area contributed by atoms with Crippen LogP contribution in [0.2, 0.25) is 0 Å². The fourth-order valence-corrected chi connectivity index (χ4v) is 1.66. The van der Waals surface area contributed by atoms with Crippen molar-refractivity contribution in [1.82, 2.24) is 4.98 Å². The molecular formula is C13H16N2O. The van der Waals surface area contributed by atoms with Crippen molar-refractivity contribution in [2.24, 2.45) is 0 Å². The highest BCUT2D eigenvalue weighted by Crippen LogP contribution is 2.14. The van der Waals surface area contributed by atoms with E-state index in [0.29, 0.717) is 0 Å². The molecule has 0 fully saturated rings. The van der Waals surface area contributed by atoms with Gasteiger partial charge in [0.15, 0.2) is 0 Å². The highest BCUT2D eigenvalue weighted by molar-refractivity contribution is 5.39. The molecule has 3 nitrogen and oxygen atoms in total. The van der Waals surface area contributed by atoms with Crippen LogP contribution in [0.5, 0.6) is 0 Å². The van der Waals surface area contributed by atoms with Gasteiger partial charge >= 0.3 is 0 Å². The van der Waals surface area contributed by atoms with E-state index in [9.17, 15) is 0 Å². The van der Waals surface area contributed by atoms with Crippen LogP contribution in [0.3, 0.4) is 0 Å². The van der Waals surface area contributed by atoms with Gasteiger partial charge < -0.3 is 9.32 Å². The monoisotopic (exact) mass is 216 g/mol. The van der Waals surface area contributed by atoms with E-state index in [1.807, 2.05) is 31.2 Å². The van der Waals surface area contributed by atoms with Gasteiger partial charge in [0.1, 0.15) is 5.82 Å². The van der Waals surface area contributed by atoms with Crippen LogP contribution in [-0.4, -0.2) is 11.5 Å². The third-order valence-electron chi connectivity index (χ3n) is 2.53. The van der Waals surface area contributed by atoms with Gasteiger partial charge in [0.25, 0.3) is 0 Å². The van der Waals surface area contributed by atoms with Gasteiger partial charge in [-0.2, -0.15) is 0 Å². The highest BCUT2D eigenvalue weighted by Gasteiger charge is 2.07. The average molecular weight is 216 g/mol. The molecule has 0 aliphatic heterocycles. The fraction of sp³-hybridized carbons (Fsp3) is 0.308. The van der Waals surface area contributed by atoms with Crippen LogP contribution in [0.25, 0.3) is 0 Å². The topological polar surface area (TPSA) is 29.3 Å². The Morgan fingerprint density at radius 3 is 2.81 bits per heavy atom. The number of furan rings is 1. The Labute approximate surface area is 95.7 Å². The quantitative estimate of drug-likeness (QED) is 0.786. The van der Waals surface area contributed by atoms with Crippen LogP contribution in [0.4, 0.5) is 5.82 Å². The number of hydrogen-bond acceptors (Lipinski definition) is 3. The molecule has 84 valence electrons. The van der Waals surface area contributed by atoms with Gasteiger partial charge in [-0.05, 0) is 32.0 Å². The van der Waals surface area contributed by atoms with Crippen molar-refractivity contribution in [3.63, 3.8) is 0 Å². The molecule has 0 bridgehead atoms. The van der Waals surface area contributed by atoms with Crippen LogP contribution in [-0.2, 0) is 6.54 Å². The zero-order chi connectivity index (χ0) is 11.4. The number of hydrogen-bond donors (Lipinski definition) is 0. The summed E-state index contributed by atoms with van der Waals surface area (Å²) in [6.45, 7) is 5.91. The lowest BCUT2D eigenvalue weighted by atomic mass is 10.3. The van der Waals surface area contributed by atoms with Gasteiger partial charge in [-0.15, -0.1) is 0 Å².